The lowest BCUT2D eigenvalue weighted by Gasteiger charge is -2.28. The summed E-state index contributed by atoms with van der Waals surface area (Å²) >= 11 is 0. The fourth-order valence-electron chi connectivity index (χ4n) is 1.79. The van der Waals surface area contributed by atoms with E-state index in [9.17, 15) is 5.11 Å². The third-order valence-corrected chi connectivity index (χ3v) is 2.70. The van der Waals surface area contributed by atoms with Crippen LogP contribution < -0.4 is 5.32 Å². The lowest BCUT2D eigenvalue weighted by atomic mass is 10.1. The number of aliphatic hydroxyl groups is 1. The van der Waals surface area contributed by atoms with Crippen molar-refractivity contribution in [2.24, 2.45) is 0 Å². The zero-order valence-electron chi connectivity index (χ0n) is 8.73. The zero-order valence-corrected chi connectivity index (χ0v) is 8.73. The largest absolute Gasteiger partial charge is 0.389 e. The van der Waals surface area contributed by atoms with E-state index in [4.69, 9.17) is 4.74 Å². The highest BCUT2D eigenvalue weighted by Crippen LogP contribution is 2.11. The molecule has 82 valence electrons. The molecule has 0 unspecified atom stereocenters. The summed E-state index contributed by atoms with van der Waals surface area (Å²) in [6.45, 7) is 2.15. The van der Waals surface area contributed by atoms with E-state index in [1.165, 1.54) is 0 Å². The molecule has 3 nitrogen and oxygen atoms in total. The third kappa shape index (κ3) is 3.02. The van der Waals surface area contributed by atoms with Gasteiger partial charge in [-0.3, -0.25) is 0 Å². The first-order valence-corrected chi connectivity index (χ1v) is 5.40. The van der Waals surface area contributed by atoms with Gasteiger partial charge in [0.2, 0.25) is 0 Å². The summed E-state index contributed by atoms with van der Waals surface area (Å²) in [5.41, 5.74) is 1.16. The standard InChI is InChI=1S/C12H17NO2/c14-11-8-13-7-6-12(11)15-9-10-4-2-1-3-5-10/h1-5,11-14H,6-9H2/t11-,12-/m0/s1. The normalized spacial score (nSPS) is 26.5. The Labute approximate surface area is 90.1 Å². The number of ether oxygens (including phenoxy) is 1. The Hall–Kier alpha value is -0.900. The zero-order chi connectivity index (χ0) is 10.5. The van der Waals surface area contributed by atoms with Gasteiger partial charge in [0.1, 0.15) is 0 Å². The number of aliphatic hydroxyl groups excluding tert-OH is 1. The molecule has 1 aliphatic heterocycles. The molecule has 1 saturated heterocycles. The fourth-order valence-corrected chi connectivity index (χ4v) is 1.79. The molecule has 2 N–H and O–H groups in total. The Morgan fingerprint density at radius 1 is 1.33 bits per heavy atom. The van der Waals surface area contributed by atoms with Crippen molar-refractivity contribution in [2.75, 3.05) is 13.1 Å². The van der Waals surface area contributed by atoms with E-state index >= 15 is 0 Å². The van der Waals surface area contributed by atoms with Crippen LogP contribution in [0, 0.1) is 0 Å². The Morgan fingerprint density at radius 2 is 2.13 bits per heavy atom. The molecule has 0 aromatic heterocycles. The highest BCUT2D eigenvalue weighted by atomic mass is 16.5. The molecule has 2 rings (SSSR count). The SMILES string of the molecule is O[C@H]1CNCC[C@@H]1OCc1ccccc1. The van der Waals surface area contributed by atoms with Gasteiger partial charge in [-0.1, -0.05) is 30.3 Å². The van der Waals surface area contributed by atoms with Gasteiger partial charge in [-0.25, -0.2) is 0 Å². The maximum Gasteiger partial charge on any atom is 0.0926 e. The van der Waals surface area contributed by atoms with Crippen molar-refractivity contribution in [3.05, 3.63) is 35.9 Å². The van der Waals surface area contributed by atoms with E-state index in [1.807, 2.05) is 30.3 Å². The van der Waals surface area contributed by atoms with Crippen molar-refractivity contribution in [1.29, 1.82) is 0 Å². The first kappa shape index (κ1) is 10.6. The number of β-amino-alcohol motifs (C(OH)–C–C–N with tert-alkyl or cyclic N) is 1. The number of rotatable bonds is 3. The van der Waals surface area contributed by atoms with Gasteiger partial charge in [0, 0.05) is 6.54 Å². The molecular formula is C12H17NO2. The average molecular weight is 207 g/mol. The Balaban J connectivity index is 1.82. The van der Waals surface area contributed by atoms with E-state index in [1.54, 1.807) is 0 Å². The molecule has 1 aromatic carbocycles. The Kier molecular flexibility index (Phi) is 3.72. The molecule has 3 heteroatoms. The van der Waals surface area contributed by atoms with Gasteiger partial charge in [-0.15, -0.1) is 0 Å². The second-order valence-electron chi connectivity index (χ2n) is 3.90. The Morgan fingerprint density at radius 3 is 2.87 bits per heavy atom. The molecular weight excluding hydrogens is 190 g/mol. The van der Waals surface area contributed by atoms with Crippen molar-refractivity contribution >= 4 is 0 Å². The van der Waals surface area contributed by atoms with Gasteiger partial charge in [0.05, 0.1) is 18.8 Å². The van der Waals surface area contributed by atoms with Crippen LogP contribution in [0.2, 0.25) is 0 Å². The van der Waals surface area contributed by atoms with Gasteiger partial charge in [0.15, 0.2) is 0 Å². The minimum absolute atomic E-state index is 0.0218. The number of benzene rings is 1. The van der Waals surface area contributed by atoms with E-state index < -0.39 is 0 Å². The molecule has 2 atom stereocenters. The van der Waals surface area contributed by atoms with Crippen LogP contribution in [0.1, 0.15) is 12.0 Å². The molecule has 15 heavy (non-hydrogen) atoms. The van der Waals surface area contributed by atoms with Crippen LogP contribution >= 0.6 is 0 Å². The summed E-state index contributed by atoms with van der Waals surface area (Å²) in [4.78, 5) is 0. The molecule has 1 aromatic rings. The maximum absolute atomic E-state index is 9.66. The molecule has 1 fully saturated rings. The molecule has 0 amide bonds. The topological polar surface area (TPSA) is 41.5 Å². The molecule has 0 bridgehead atoms. The second kappa shape index (κ2) is 5.26. The minimum atomic E-state index is -0.373. The van der Waals surface area contributed by atoms with Gasteiger partial charge in [0.25, 0.3) is 0 Å². The van der Waals surface area contributed by atoms with E-state index in [2.05, 4.69) is 5.32 Å². The lowest BCUT2D eigenvalue weighted by Crippen LogP contribution is -2.45. The molecule has 1 heterocycles. The predicted molar refractivity (Wildman–Crippen MR) is 58.5 cm³/mol. The summed E-state index contributed by atoms with van der Waals surface area (Å²) in [5.74, 6) is 0. The van der Waals surface area contributed by atoms with Crippen LogP contribution in [-0.2, 0) is 11.3 Å². The van der Waals surface area contributed by atoms with Crippen LogP contribution in [0.5, 0.6) is 0 Å². The third-order valence-electron chi connectivity index (χ3n) is 2.70. The highest BCUT2D eigenvalue weighted by molar-refractivity contribution is 5.13. The summed E-state index contributed by atoms with van der Waals surface area (Å²) < 4.78 is 5.69. The number of hydrogen-bond acceptors (Lipinski definition) is 3. The van der Waals surface area contributed by atoms with Crippen LogP contribution in [0.25, 0.3) is 0 Å². The predicted octanol–water partition coefficient (Wildman–Crippen LogP) is 0.926. The quantitative estimate of drug-likeness (QED) is 0.774. The van der Waals surface area contributed by atoms with E-state index in [0.717, 1.165) is 18.5 Å². The number of piperidine rings is 1. The summed E-state index contributed by atoms with van der Waals surface area (Å²) in [7, 11) is 0. The summed E-state index contributed by atoms with van der Waals surface area (Å²) in [6, 6.07) is 10.1. The molecule has 0 aliphatic carbocycles. The summed E-state index contributed by atoms with van der Waals surface area (Å²) in [6.07, 6.45) is 0.488. The second-order valence-corrected chi connectivity index (χ2v) is 3.90. The molecule has 0 radical (unpaired) electrons. The molecule has 1 aliphatic rings. The van der Waals surface area contributed by atoms with Crippen LogP contribution in [-0.4, -0.2) is 30.4 Å². The van der Waals surface area contributed by atoms with Crippen LogP contribution in [0.15, 0.2) is 30.3 Å². The average Bonchev–Trinajstić information content (AvgIpc) is 2.29. The molecule has 0 spiro atoms. The van der Waals surface area contributed by atoms with Crippen molar-refractivity contribution in [2.45, 2.75) is 25.2 Å². The van der Waals surface area contributed by atoms with Crippen molar-refractivity contribution < 1.29 is 9.84 Å². The van der Waals surface area contributed by atoms with Crippen molar-refractivity contribution in [3.63, 3.8) is 0 Å². The van der Waals surface area contributed by atoms with E-state index in [-0.39, 0.29) is 12.2 Å². The van der Waals surface area contributed by atoms with Crippen molar-refractivity contribution in [3.8, 4) is 0 Å². The van der Waals surface area contributed by atoms with Gasteiger partial charge < -0.3 is 15.2 Å². The first-order chi connectivity index (χ1) is 7.36. The van der Waals surface area contributed by atoms with Gasteiger partial charge in [-0.05, 0) is 18.5 Å². The molecule has 0 saturated carbocycles. The Bertz CT molecular complexity index is 289. The number of hydrogen-bond donors (Lipinski definition) is 2. The highest BCUT2D eigenvalue weighted by Gasteiger charge is 2.22. The number of nitrogens with one attached hydrogen (secondary N) is 1. The fraction of sp³-hybridized carbons (Fsp3) is 0.500. The van der Waals surface area contributed by atoms with Gasteiger partial charge in [-0.2, -0.15) is 0 Å². The lowest BCUT2D eigenvalue weighted by molar-refractivity contribution is -0.0594. The smallest absolute Gasteiger partial charge is 0.0926 e. The van der Waals surface area contributed by atoms with Crippen LogP contribution in [0.3, 0.4) is 0 Å². The van der Waals surface area contributed by atoms with E-state index in [0.29, 0.717) is 13.2 Å². The van der Waals surface area contributed by atoms with Crippen LogP contribution in [0.4, 0.5) is 0 Å². The monoisotopic (exact) mass is 207 g/mol. The maximum atomic E-state index is 9.66. The first-order valence-electron chi connectivity index (χ1n) is 5.40. The summed E-state index contributed by atoms with van der Waals surface area (Å²) in [5, 5.41) is 12.8. The van der Waals surface area contributed by atoms with Gasteiger partial charge >= 0.3 is 0 Å². The minimum Gasteiger partial charge on any atom is -0.389 e. The van der Waals surface area contributed by atoms with Crippen molar-refractivity contribution in [1.82, 2.24) is 5.32 Å².